The van der Waals surface area contributed by atoms with Gasteiger partial charge in [-0.15, -0.1) is 10.2 Å². The van der Waals surface area contributed by atoms with Crippen LogP contribution in [-0.2, 0) is 11.3 Å². The summed E-state index contributed by atoms with van der Waals surface area (Å²) in [5.41, 5.74) is 6.32. The first-order chi connectivity index (χ1) is 19.4. The Morgan fingerprint density at radius 2 is 1.75 bits per heavy atom. The maximum Gasteiger partial charge on any atom is 0.250 e. The molecule has 4 rings (SSSR count). The summed E-state index contributed by atoms with van der Waals surface area (Å²) in [4.78, 5) is 12.6. The summed E-state index contributed by atoms with van der Waals surface area (Å²) in [6, 6.07) is 19.5. The molecule has 12 heteroatoms. The number of nitrogens with one attached hydrogen (secondary N) is 2. The topological polar surface area (TPSA) is 112 Å². The first kappa shape index (κ1) is 29.2. The first-order valence-corrected chi connectivity index (χ1v) is 14.2. The van der Waals surface area contributed by atoms with E-state index in [9.17, 15) is 4.79 Å². The third kappa shape index (κ3) is 7.24. The molecule has 1 amide bonds. The van der Waals surface area contributed by atoms with Crippen LogP contribution in [0.25, 0.3) is 5.69 Å². The summed E-state index contributed by atoms with van der Waals surface area (Å²) in [7, 11) is 4.61. The van der Waals surface area contributed by atoms with E-state index in [-0.39, 0.29) is 11.7 Å². The number of hydrogen-bond acceptors (Lipinski definition) is 9. The van der Waals surface area contributed by atoms with Crippen molar-refractivity contribution < 1.29 is 19.0 Å². The van der Waals surface area contributed by atoms with Crippen molar-refractivity contribution in [3.05, 3.63) is 81.2 Å². The maximum absolute atomic E-state index is 12.6. The van der Waals surface area contributed by atoms with Gasteiger partial charge in [-0.3, -0.25) is 9.36 Å². The summed E-state index contributed by atoms with van der Waals surface area (Å²) in [5, 5.41) is 16.9. The van der Waals surface area contributed by atoms with Gasteiger partial charge in [0.1, 0.15) is 0 Å². The van der Waals surface area contributed by atoms with Gasteiger partial charge in [0.05, 0.1) is 39.8 Å². The van der Waals surface area contributed by atoms with Crippen LogP contribution in [0.15, 0.2) is 70.9 Å². The van der Waals surface area contributed by atoms with Crippen LogP contribution >= 0.6 is 34.4 Å². The normalized spacial score (nSPS) is 10.9. The number of aryl methyl sites for hydroxylation is 1. The number of hydrazone groups is 1. The van der Waals surface area contributed by atoms with Crippen LogP contribution in [-0.4, -0.2) is 54.0 Å². The smallest absolute Gasteiger partial charge is 0.250 e. The molecule has 0 spiro atoms. The lowest BCUT2D eigenvalue weighted by molar-refractivity contribution is -0.118. The quantitative estimate of drug-likeness (QED) is 0.0931. The third-order valence-electron chi connectivity index (χ3n) is 5.76. The zero-order valence-corrected chi connectivity index (χ0v) is 25.4. The van der Waals surface area contributed by atoms with E-state index in [1.165, 1.54) is 42.9 Å². The molecule has 0 unspecified atom stereocenters. The van der Waals surface area contributed by atoms with Crippen molar-refractivity contribution in [3.8, 4) is 22.9 Å². The van der Waals surface area contributed by atoms with Crippen LogP contribution in [0.3, 0.4) is 0 Å². The molecule has 0 radical (unpaired) electrons. The Morgan fingerprint density at radius 3 is 2.40 bits per heavy atom. The Kier molecular flexibility index (Phi) is 10.2. The highest BCUT2D eigenvalue weighted by atomic mass is 127. The molecule has 0 bridgehead atoms. The lowest BCUT2D eigenvalue weighted by atomic mass is 10.2. The zero-order valence-electron chi connectivity index (χ0n) is 22.5. The highest BCUT2D eigenvalue weighted by molar-refractivity contribution is 14.1. The van der Waals surface area contributed by atoms with Crippen LogP contribution < -0.4 is 25.0 Å². The lowest BCUT2D eigenvalue weighted by Gasteiger charge is -2.13. The predicted octanol–water partition coefficient (Wildman–Crippen LogP) is 5.06. The number of nitrogens with zero attached hydrogens (tertiary/aromatic N) is 4. The number of anilines is 1. The molecule has 0 aliphatic carbocycles. The maximum atomic E-state index is 12.6. The largest absolute Gasteiger partial charge is 0.493 e. The first-order valence-electron chi connectivity index (χ1n) is 12.2. The number of carbonyl (C=O) groups is 1. The Balaban J connectivity index is 1.43. The van der Waals surface area contributed by atoms with Gasteiger partial charge in [-0.2, -0.15) is 5.10 Å². The third-order valence-corrected chi connectivity index (χ3v) is 7.36. The van der Waals surface area contributed by atoms with Gasteiger partial charge in [-0.05, 0) is 77.5 Å². The minimum absolute atomic E-state index is 0.0984. The van der Waals surface area contributed by atoms with Gasteiger partial charge in [-0.1, -0.05) is 30.0 Å². The van der Waals surface area contributed by atoms with Crippen LogP contribution in [0.5, 0.6) is 17.2 Å². The fraction of sp³-hybridized carbons (Fsp3) is 0.214. The van der Waals surface area contributed by atoms with Gasteiger partial charge < -0.3 is 19.5 Å². The van der Waals surface area contributed by atoms with Crippen LogP contribution in [0, 0.1) is 10.5 Å². The van der Waals surface area contributed by atoms with Crippen molar-refractivity contribution in [3.63, 3.8) is 0 Å². The number of thioether (sulfide) groups is 1. The second kappa shape index (κ2) is 14.0. The average Bonchev–Trinajstić information content (AvgIpc) is 3.38. The second-order valence-electron chi connectivity index (χ2n) is 8.42. The fourth-order valence-corrected chi connectivity index (χ4v) is 5.27. The lowest BCUT2D eigenvalue weighted by Crippen LogP contribution is -2.20. The molecule has 10 nitrogen and oxygen atoms in total. The number of para-hydroxylation sites is 1. The summed E-state index contributed by atoms with van der Waals surface area (Å²) in [6.07, 6.45) is 1.51. The number of carbonyl (C=O) groups excluding carboxylic acids is 1. The van der Waals surface area contributed by atoms with E-state index >= 15 is 0 Å². The van der Waals surface area contributed by atoms with E-state index in [1.54, 1.807) is 12.1 Å². The summed E-state index contributed by atoms with van der Waals surface area (Å²) in [6.45, 7) is 2.53. The molecule has 40 heavy (non-hydrogen) atoms. The fourth-order valence-electron chi connectivity index (χ4n) is 3.86. The number of benzene rings is 3. The summed E-state index contributed by atoms with van der Waals surface area (Å²) in [5.74, 6) is 2.01. The summed E-state index contributed by atoms with van der Waals surface area (Å²) >= 11 is 3.58. The van der Waals surface area contributed by atoms with Crippen molar-refractivity contribution in [1.82, 2.24) is 20.2 Å². The molecule has 3 aromatic carbocycles. The average molecular weight is 673 g/mol. The zero-order chi connectivity index (χ0) is 28.5. The standard InChI is InChI=1S/C28H29IN6O4S/c1-18-12-20(29)10-11-22(18)30-16-25-32-34-28(35(25)21-8-6-5-7-9-21)40-17-26(36)33-31-15-19-13-23(37-2)27(39-4)24(14-19)38-3/h5-15,30H,16-17H2,1-4H3,(H,33,36)/b31-15+. The molecule has 0 saturated carbocycles. The van der Waals surface area contributed by atoms with Crippen molar-refractivity contribution in [2.45, 2.75) is 18.6 Å². The molecular weight excluding hydrogens is 643 g/mol. The van der Waals surface area contributed by atoms with E-state index in [4.69, 9.17) is 14.2 Å². The molecule has 1 heterocycles. The molecule has 0 saturated heterocycles. The van der Waals surface area contributed by atoms with Gasteiger partial charge in [0.25, 0.3) is 5.91 Å². The van der Waals surface area contributed by atoms with Crippen LogP contribution in [0.2, 0.25) is 0 Å². The number of amides is 1. The van der Waals surface area contributed by atoms with Crippen molar-refractivity contribution >= 4 is 52.2 Å². The number of halogens is 1. The van der Waals surface area contributed by atoms with E-state index in [1.807, 2.05) is 34.9 Å². The Hall–Kier alpha value is -3.78. The molecule has 1 aromatic heterocycles. The monoisotopic (exact) mass is 672 g/mol. The minimum Gasteiger partial charge on any atom is -0.493 e. The van der Waals surface area contributed by atoms with Crippen molar-refractivity contribution in [2.24, 2.45) is 5.10 Å². The Morgan fingerprint density at radius 1 is 1.02 bits per heavy atom. The number of ether oxygens (including phenoxy) is 3. The van der Waals surface area contributed by atoms with E-state index < -0.39 is 0 Å². The Bertz CT molecular complexity index is 1470. The molecule has 208 valence electrons. The van der Waals surface area contributed by atoms with Gasteiger partial charge >= 0.3 is 0 Å². The molecular formula is C28H29IN6O4S. The predicted molar refractivity (Wildman–Crippen MR) is 165 cm³/mol. The van der Waals surface area contributed by atoms with Crippen molar-refractivity contribution in [2.75, 3.05) is 32.4 Å². The van der Waals surface area contributed by atoms with Crippen molar-refractivity contribution in [1.29, 1.82) is 0 Å². The minimum atomic E-state index is -0.287. The number of methoxy groups -OCH3 is 3. The highest BCUT2D eigenvalue weighted by Gasteiger charge is 2.16. The molecule has 0 aliphatic rings. The van der Waals surface area contributed by atoms with Gasteiger partial charge in [0.2, 0.25) is 5.75 Å². The Labute approximate surface area is 250 Å². The highest BCUT2D eigenvalue weighted by Crippen LogP contribution is 2.37. The van der Waals surface area contributed by atoms with Gasteiger partial charge in [0.15, 0.2) is 22.5 Å². The van der Waals surface area contributed by atoms with E-state index in [2.05, 4.69) is 73.8 Å². The summed E-state index contributed by atoms with van der Waals surface area (Å²) < 4.78 is 19.2. The SMILES string of the molecule is COc1cc(/C=N/NC(=O)CSc2nnc(CNc3ccc(I)cc3C)n2-c2ccccc2)cc(OC)c1OC. The second-order valence-corrected chi connectivity index (χ2v) is 10.6. The van der Waals surface area contributed by atoms with Crippen LogP contribution in [0.4, 0.5) is 5.69 Å². The van der Waals surface area contributed by atoms with Gasteiger partial charge in [-0.25, -0.2) is 5.43 Å². The number of rotatable bonds is 12. The van der Waals surface area contributed by atoms with E-state index in [0.717, 1.165) is 22.8 Å². The number of hydrogen-bond donors (Lipinski definition) is 2. The van der Waals surface area contributed by atoms with E-state index in [0.29, 0.717) is 34.5 Å². The molecule has 0 aliphatic heterocycles. The van der Waals surface area contributed by atoms with Gasteiger partial charge in [0, 0.05) is 20.5 Å². The molecule has 2 N–H and O–H groups in total. The molecule has 0 fully saturated rings. The molecule has 4 aromatic rings. The van der Waals surface area contributed by atoms with Crippen LogP contribution in [0.1, 0.15) is 17.0 Å². The molecule has 0 atom stereocenters. The number of aromatic nitrogens is 3.